The topological polar surface area (TPSA) is 62.6 Å². The number of carbonyl (C=O) groups excluding carboxylic acids is 1. The number of anilines is 1. The second-order valence-corrected chi connectivity index (χ2v) is 8.81. The lowest BCUT2D eigenvalue weighted by molar-refractivity contribution is 0.134. The Morgan fingerprint density at radius 2 is 2.00 bits per heavy atom. The molecule has 1 saturated carbocycles. The molecule has 2 fully saturated rings. The molecular weight excluding hydrogens is 422 g/mol. The molecule has 30 heavy (non-hydrogen) atoms. The van der Waals surface area contributed by atoms with E-state index in [2.05, 4.69) is 26.9 Å². The summed E-state index contributed by atoms with van der Waals surface area (Å²) in [4.78, 5) is 16.9. The third-order valence-corrected chi connectivity index (χ3v) is 6.36. The number of carbonyl (C=O) groups is 1. The van der Waals surface area contributed by atoms with Gasteiger partial charge in [0.15, 0.2) is 5.82 Å². The van der Waals surface area contributed by atoms with Gasteiger partial charge in [0.25, 0.3) is 0 Å². The molecule has 2 aromatic rings. The molecule has 162 valence electrons. The molecule has 1 aromatic heterocycles. The lowest BCUT2D eigenvalue weighted by Gasteiger charge is -2.34. The Labute approximate surface area is 186 Å². The Kier molecular flexibility index (Phi) is 7.07. The van der Waals surface area contributed by atoms with Crippen molar-refractivity contribution in [1.82, 2.24) is 19.6 Å². The summed E-state index contributed by atoms with van der Waals surface area (Å²) >= 11 is 7.81. The van der Waals surface area contributed by atoms with Gasteiger partial charge in [0, 0.05) is 51.2 Å². The molecule has 1 aliphatic carbocycles. The lowest BCUT2D eigenvalue weighted by atomic mass is 10.2. The zero-order valence-electron chi connectivity index (χ0n) is 17.2. The third-order valence-electron chi connectivity index (χ3n) is 5.63. The van der Waals surface area contributed by atoms with Gasteiger partial charge < -0.3 is 14.4 Å². The second kappa shape index (κ2) is 9.94. The van der Waals surface area contributed by atoms with Crippen molar-refractivity contribution >= 4 is 35.4 Å². The monoisotopic (exact) mass is 449 g/mol. The van der Waals surface area contributed by atoms with E-state index in [1.165, 1.54) is 35.0 Å². The Morgan fingerprint density at radius 1 is 1.23 bits per heavy atom. The van der Waals surface area contributed by atoms with Gasteiger partial charge in [-0.25, -0.2) is 4.79 Å². The van der Waals surface area contributed by atoms with Crippen molar-refractivity contribution in [2.75, 3.05) is 37.2 Å². The molecule has 1 aromatic carbocycles. The highest BCUT2D eigenvalue weighted by molar-refractivity contribution is 7.99. The molecule has 0 atom stereocenters. The summed E-state index contributed by atoms with van der Waals surface area (Å²) in [5.74, 6) is 1.48. The van der Waals surface area contributed by atoms with Crippen LogP contribution in [0.15, 0.2) is 30.5 Å². The number of nitrogens with one attached hydrogen (secondary N) is 1. The van der Waals surface area contributed by atoms with Crippen LogP contribution in [-0.4, -0.2) is 64.2 Å². The Hall–Kier alpha value is -1.90. The number of rotatable bonds is 6. The van der Waals surface area contributed by atoms with Crippen LogP contribution < -0.4 is 9.46 Å². The highest BCUT2D eigenvalue weighted by atomic mass is 35.5. The molecule has 1 saturated heterocycles. The molecule has 1 aliphatic heterocycles. The van der Waals surface area contributed by atoms with E-state index >= 15 is 0 Å². The van der Waals surface area contributed by atoms with Crippen LogP contribution in [0, 0.1) is 0 Å². The first-order chi connectivity index (χ1) is 14.6. The summed E-state index contributed by atoms with van der Waals surface area (Å²) in [6, 6.07) is 7.78. The van der Waals surface area contributed by atoms with Gasteiger partial charge in [0.2, 0.25) is 0 Å². The first kappa shape index (κ1) is 21.3. The van der Waals surface area contributed by atoms with Crippen LogP contribution in [0.5, 0.6) is 5.75 Å². The van der Waals surface area contributed by atoms with Crippen LogP contribution in [0.4, 0.5) is 10.6 Å². The molecule has 2 heterocycles. The molecule has 4 rings (SSSR count). The molecule has 0 bridgehead atoms. The molecule has 1 amide bonds. The molecule has 0 spiro atoms. The SMILES string of the molecule is CSNc1ccn(C(=O)N2CCN(Cc3ccc(Cl)c(OC4CCCC4)c3)CC2)n1. The zero-order chi connectivity index (χ0) is 20.9. The van der Waals surface area contributed by atoms with Gasteiger partial charge in [-0.1, -0.05) is 29.6 Å². The summed E-state index contributed by atoms with van der Waals surface area (Å²) < 4.78 is 10.6. The van der Waals surface area contributed by atoms with Gasteiger partial charge in [0.05, 0.1) is 11.1 Å². The summed E-state index contributed by atoms with van der Waals surface area (Å²) in [6.07, 6.45) is 8.61. The van der Waals surface area contributed by atoms with Crippen LogP contribution in [0.1, 0.15) is 31.2 Å². The average molecular weight is 450 g/mol. The number of aromatic nitrogens is 2. The zero-order valence-corrected chi connectivity index (χ0v) is 18.8. The minimum absolute atomic E-state index is 0.0810. The van der Waals surface area contributed by atoms with Crippen LogP contribution >= 0.6 is 23.5 Å². The molecule has 0 unspecified atom stereocenters. The second-order valence-electron chi connectivity index (χ2n) is 7.79. The van der Waals surface area contributed by atoms with E-state index in [4.69, 9.17) is 16.3 Å². The normalized spacial score (nSPS) is 18.0. The number of nitrogens with zero attached hydrogens (tertiary/aromatic N) is 4. The summed E-state index contributed by atoms with van der Waals surface area (Å²) in [6.45, 7) is 3.84. The van der Waals surface area contributed by atoms with E-state index in [9.17, 15) is 4.79 Å². The summed E-state index contributed by atoms with van der Waals surface area (Å²) in [5, 5.41) is 4.95. The highest BCUT2D eigenvalue weighted by Gasteiger charge is 2.23. The van der Waals surface area contributed by atoms with Gasteiger partial charge in [-0.2, -0.15) is 4.68 Å². The molecule has 9 heteroatoms. The number of amides is 1. The van der Waals surface area contributed by atoms with E-state index in [-0.39, 0.29) is 6.03 Å². The number of ether oxygens (including phenoxy) is 1. The maximum Gasteiger partial charge on any atom is 0.344 e. The summed E-state index contributed by atoms with van der Waals surface area (Å²) in [7, 11) is 0. The number of piperazine rings is 1. The number of hydrogen-bond acceptors (Lipinski definition) is 6. The first-order valence-corrected chi connectivity index (χ1v) is 12.0. The van der Waals surface area contributed by atoms with E-state index in [1.54, 1.807) is 12.3 Å². The number of hydrogen-bond donors (Lipinski definition) is 1. The highest BCUT2D eigenvalue weighted by Crippen LogP contribution is 2.31. The van der Waals surface area contributed by atoms with E-state index in [0.717, 1.165) is 38.2 Å². The van der Waals surface area contributed by atoms with E-state index < -0.39 is 0 Å². The van der Waals surface area contributed by atoms with E-state index in [1.807, 2.05) is 17.2 Å². The largest absolute Gasteiger partial charge is 0.489 e. The van der Waals surface area contributed by atoms with Crippen molar-refractivity contribution in [1.29, 1.82) is 0 Å². The van der Waals surface area contributed by atoms with Gasteiger partial charge in [-0.15, -0.1) is 5.10 Å². The summed E-state index contributed by atoms with van der Waals surface area (Å²) in [5.41, 5.74) is 1.19. The minimum Gasteiger partial charge on any atom is -0.489 e. The Bertz CT molecular complexity index is 863. The minimum atomic E-state index is -0.0810. The van der Waals surface area contributed by atoms with Gasteiger partial charge in [-0.3, -0.25) is 4.90 Å². The van der Waals surface area contributed by atoms with Crippen LogP contribution in [0.3, 0.4) is 0 Å². The van der Waals surface area contributed by atoms with E-state index in [0.29, 0.717) is 30.0 Å². The Balaban J connectivity index is 1.30. The third kappa shape index (κ3) is 5.22. The van der Waals surface area contributed by atoms with Crippen molar-refractivity contribution < 1.29 is 9.53 Å². The van der Waals surface area contributed by atoms with Crippen molar-refractivity contribution in [3.63, 3.8) is 0 Å². The molecule has 1 N–H and O–H groups in total. The van der Waals surface area contributed by atoms with Crippen molar-refractivity contribution in [2.45, 2.75) is 38.3 Å². The van der Waals surface area contributed by atoms with Crippen molar-refractivity contribution in [3.05, 3.63) is 41.0 Å². The smallest absolute Gasteiger partial charge is 0.344 e. The quantitative estimate of drug-likeness (QED) is 0.662. The number of benzene rings is 1. The van der Waals surface area contributed by atoms with Crippen molar-refractivity contribution in [3.8, 4) is 5.75 Å². The first-order valence-electron chi connectivity index (χ1n) is 10.4. The van der Waals surface area contributed by atoms with Gasteiger partial charge >= 0.3 is 6.03 Å². The molecule has 0 radical (unpaired) electrons. The predicted molar refractivity (Wildman–Crippen MR) is 121 cm³/mol. The molecule has 2 aliphatic rings. The van der Waals surface area contributed by atoms with Gasteiger partial charge in [-0.05, 0) is 43.4 Å². The van der Waals surface area contributed by atoms with Crippen LogP contribution in [0.25, 0.3) is 0 Å². The predicted octanol–water partition coefficient (Wildman–Crippen LogP) is 4.33. The maximum atomic E-state index is 12.7. The molecule has 7 nitrogen and oxygen atoms in total. The lowest BCUT2D eigenvalue weighted by Crippen LogP contribution is -2.49. The van der Waals surface area contributed by atoms with Crippen LogP contribution in [0.2, 0.25) is 5.02 Å². The van der Waals surface area contributed by atoms with Gasteiger partial charge in [0.1, 0.15) is 5.75 Å². The number of halogens is 1. The fraction of sp³-hybridized carbons (Fsp3) is 0.524. The standard InChI is InChI=1S/C21H28ClN5O2S/c1-30-24-20-8-9-27(23-20)21(28)26-12-10-25(11-13-26)15-16-6-7-18(22)19(14-16)29-17-4-2-3-5-17/h6-9,14,17H,2-5,10-13,15H2,1H3,(H,23,24). The fourth-order valence-electron chi connectivity index (χ4n) is 4.01. The fourth-order valence-corrected chi connectivity index (χ4v) is 4.49. The maximum absolute atomic E-state index is 12.7. The molecular formula is C21H28ClN5O2S. The van der Waals surface area contributed by atoms with Crippen LogP contribution in [-0.2, 0) is 6.54 Å². The average Bonchev–Trinajstić information content (AvgIpc) is 3.43. The Morgan fingerprint density at radius 3 is 2.73 bits per heavy atom. The van der Waals surface area contributed by atoms with Crippen molar-refractivity contribution in [2.24, 2.45) is 0 Å².